The number of nitrogens with one attached hydrogen (secondary N) is 1. The minimum Gasteiger partial charge on any atom is -0.268 e. The van der Waals surface area contributed by atoms with Crippen molar-refractivity contribution < 1.29 is 0 Å². The van der Waals surface area contributed by atoms with Crippen molar-refractivity contribution in [2.75, 3.05) is 0 Å². The molecule has 0 atom stereocenters. The summed E-state index contributed by atoms with van der Waals surface area (Å²) in [6.45, 7) is 3.84. The molecule has 0 saturated heterocycles. The summed E-state index contributed by atoms with van der Waals surface area (Å²) in [7, 11) is 0. The molecule has 0 aliphatic heterocycles. The molecule has 2 rings (SSSR count). The summed E-state index contributed by atoms with van der Waals surface area (Å²) >= 11 is 0. The molecule has 0 radical (unpaired) electrons. The SMILES string of the molecule is Cc1cc(C)n(-c2cn[nH]c(=O)c2)n1. The van der Waals surface area contributed by atoms with Crippen molar-refractivity contribution in [3.8, 4) is 5.69 Å². The van der Waals surface area contributed by atoms with E-state index < -0.39 is 0 Å². The van der Waals surface area contributed by atoms with Gasteiger partial charge in [0.2, 0.25) is 0 Å². The molecule has 1 N–H and O–H groups in total. The number of rotatable bonds is 1. The molecule has 0 fully saturated rings. The van der Waals surface area contributed by atoms with E-state index in [9.17, 15) is 4.79 Å². The summed E-state index contributed by atoms with van der Waals surface area (Å²) in [6, 6.07) is 3.41. The first-order chi connectivity index (χ1) is 6.66. The summed E-state index contributed by atoms with van der Waals surface area (Å²) in [5.74, 6) is 0. The lowest BCUT2D eigenvalue weighted by molar-refractivity contribution is 0.814. The maximum atomic E-state index is 11.0. The highest BCUT2D eigenvalue weighted by Crippen LogP contribution is 2.07. The number of hydrogen-bond acceptors (Lipinski definition) is 3. The fourth-order valence-electron chi connectivity index (χ4n) is 1.37. The molecule has 14 heavy (non-hydrogen) atoms. The third kappa shape index (κ3) is 1.44. The fraction of sp³-hybridized carbons (Fsp3) is 0.222. The standard InChI is InChI=1S/C9H10N4O/c1-6-3-7(2)13(12-6)8-4-9(14)11-10-5-8/h3-5H,1-2H3,(H,11,14). The third-order valence-corrected chi connectivity index (χ3v) is 1.90. The normalized spacial score (nSPS) is 10.4. The van der Waals surface area contributed by atoms with E-state index in [1.165, 1.54) is 6.07 Å². The molecule has 0 amide bonds. The predicted octanol–water partition coefficient (Wildman–Crippen LogP) is 0.572. The quantitative estimate of drug-likeness (QED) is 0.715. The molecular weight excluding hydrogens is 180 g/mol. The van der Waals surface area contributed by atoms with Crippen LogP contribution < -0.4 is 5.56 Å². The largest absolute Gasteiger partial charge is 0.268 e. The van der Waals surface area contributed by atoms with Crippen LogP contribution in [-0.4, -0.2) is 20.0 Å². The maximum absolute atomic E-state index is 11.0. The molecule has 72 valence electrons. The van der Waals surface area contributed by atoms with Crippen LogP contribution in [0, 0.1) is 13.8 Å². The van der Waals surface area contributed by atoms with Crippen molar-refractivity contribution in [2.24, 2.45) is 0 Å². The fourth-order valence-corrected chi connectivity index (χ4v) is 1.37. The molecule has 0 aliphatic carbocycles. The monoisotopic (exact) mass is 190 g/mol. The van der Waals surface area contributed by atoms with Crippen LogP contribution in [0.4, 0.5) is 0 Å². The Bertz CT molecular complexity index is 512. The van der Waals surface area contributed by atoms with Gasteiger partial charge in [-0.15, -0.1) is 0 Å². The van der Waals surface area contributed by atoms with E-state index in [0.717, 1.165) is 11.4 Å². The van der Waals surface area contributed by atoms with Gasteiger partial charge in [0.25, 0.3) is 5.56 Å². The number of hydrogen-bond donors (Lipinski definition) is 1. The Kier molecular flexibility index (Phi) is 1.92. The third-order valence-electron chi connectivity index (χ3n) is 1.90. The van der Waals surface area contributed by atoms with Crippen molar-refractivity contribution >= 4 is 0 Å². The maximum Gasteiger partial charge on any atom is 0.266 e. The van der Waals surface area contributed by atoms with Gasteiger partial charge in [-0.25, -0.2) is 9.78 Å². The van der Waals surface area contributed by atoms with Crippen molar-refractivity contribution in [3.63, 3.8) is 0 Å². The molecule has 0 spiro atoms. The zero-order valence-corrected chi connectivity index (χ0v) is 7.98. The van der Waals surface area contributed by atoms with Crippen LogP contribution in [0.5, 0.6) is 0 Å². The second-order valence-electron chi connectivity index (χ2n) is 3.14. The van der Waals surface area contributed by atoms with Crippen LogP contribution in [0.1, 0.15) is 11.4 Å². The van der Waals surface area contributed by atoms with Crippen LogP contribution in [0.3, 0.4) is 0 Å². The minimum atomic E-state index is -0.227. The van der Waals surface area contributed by atoms with Crippen LogP contribution in [-0.2, 0) is 0 Å². The van der Waals surface area contributed by atoms with Crippen molar-refractivity contribution in [1.82, 2.24) is 20.0 Å². The number of nitrogens with zero attached hydrogens (tertiary/aromatic N) is 3. The minimum absolute atomic E-state index is 0.227. The Morgan fingerprint density at radius 3 is 2.71 bits per heavy atom. The van der Waals surface area contributed by atoms with Gasteiger partial charge in [0.15, 0.2) is 0 Å². The highest BCUT2D eigenvalue weighted by Gasteiger charge is 2.03. The van der Waals surface area contributed by atoms with Gasteiger partial charge < -0.3 is 0 Å². The number of H-pyrrole nitrogens is 1. The smallest absolute Gasteiger partial charge is 0.266 e. The van der Waals surface area contributed by atoms with Crippen molar-refractivity contribution in [2.45, 2.75) is 13.8 Å². The van der Waals surface area contributed by atoms with E-state index >= 15 is 0 Å². The molecule has 5 heteroatoms. The highest BCUT2D eigenvalue weighted by molar-refractivity contribution is 5.28. The van der Waals surface area contributed by atoms with E-state index in [0.29, 0.717) is 5.69 Å². The van der Waals surface area contributed by atoms with Crippen LogP contribution in [0.25, 0.3) is 5.69 Å². The van der Waals surface area contributed by atoms with Crippen molar-refractivity contribution in [3.05, 3.63) is 40.1 Å². The van der Waals surface area contributed by atoms with Crippen molar-refractivity contribution in [1.29, 1.82) is 0 Å². The molecule has 0 unspecified atom stereocenters. The summed E-state index contributed by atoms with van der Waals surface area (Å²) in [5, 5.41) is 10.3. The average molecular weight is 190 g/mol. The van der Waals surface area contributed by atoms with Gasteiger partial charge in [-0.3, -0.25) is 4.79 Å². The van der Waals surface area contributed by atoms with E-state index in [2.05, 4.69) is 15.3 Å². The first kappa shape index (κ1) is 8.68. The summed E-state index contributed by atoms with van der Waals surface area (Å²) < 4.78 is 1.69. The van der Waals surface area contributed by atoms with Crippen LogP contribution in [0.2, 0.25) is 0 Å². The molecule has 2 aromatic heterocycles. The Labute approximate surface area is 80.4 Å². The van der Waals surface area contributed by atoms with E-state index in [1.54, 1.807) is 10.9 Å². The molecular formula is C9H10N4O. The summed E-state index contributed by atoms with van der Waals surface area (Å²) in [6.07, 6.45) is 1.57. The van der Waals surface area contributed by atoms with Gasteiger partial charge in [0.1, 0.15) is 0 Å². The van der Waals surface area contributed by atoms with E-state index in [-0.39, 0.29) is 5.56 Å². The van der Waals surface area contributed by atoms with E-state index in [1.807, 2.05) is 19.9 Å². The first-order valence-corrected chi connectivity index (χ1v) is 4.25. The van der Waals surface area contributed by atoms with Gasteiger partial charge in [0.05, 0.1) is 17.6 Å². The second kappa shape index (κ2) is 3.10. The molecule has 0 bridgehead atoms. The van der Waals surface area contributed by atoms with E-state index in [4.69, 9.17) is 0 Å². The lowest BCUT2D eigenvalue weighted by Gasteiger charge is -2.01. The highest BCUT2D eigenvalue weighted by atomic mass is 16.1. The zero-order chi connectivity index (χ0) is 10.1. The van der Waals surface area contributed by atoms with Crippen LogP contribution in [0.15, 0.2) is 23.1 Å². The number of aryl methyl sites for hydroxylation is 2. The Balaban J connectivity index is 2.59. The van der Waals surface area contributed by atoms with Gasteiger partial charge in [-0.1, -0.05) is 0 Å². The number of aromatic amines is 1. The zero-order valence-electron chi connectivity index (χ0n) is 7.98. The van der Waals surface area contributed by atoms with Crippen LogP contribution >= 0.6 is 0 Å². The van der Waals surface area contributed by atoms with Gasteiger partial charge in [-0.2, -0.15) is 10.2 Å². The summed E-state index contributed by atoms with van der Waals surface area (Å²) in [4.78, 5) is 11.0. The second-order valence-corrected chi connectivity index (χ2v) is 3.14. The molecule has 0 saturated carbocycles. The predicted molar refractivity (Wildman–Crippen MR) is 51.5 cm³/mol. The summed E-state index contributed by atoms with van der Waals surface area (Å²) in [5.41, 5.74) is 2.35. The Morgan fingerprint density at radius 1 is 1.36 bits per heavy atom. The molecule has 2 aromatic rings. The topological polar surface area (TPSA) is 63.6 Å². The molecule has 0 aromatic carbocycles. The van der Waals surface area contributed by atoms with Gasteiger partial charge in [0, 0.05) is 11.8 Å². The molecule has 0 aliphatic rings. The molecule has 5 nitrogen and oxygen atoms in total. The average Bonchev–Trinajstić information content (AvgIpc) is 2.45. The van der Waals surface area contributed by atoms with Gasteiger partial charge >= 0.3 is 0 Å². The first-order valence-electron chi connectivity index (χ1n) is 4.25. The Hall–Kier alpha value is -1.91. The number of aromatic nitrogens is 4. The van der Waals surface area contributed by atoms with Gasteiger partial charge in [-0.05, 0) is 19.9 Å². The lowest BCUT2D eigenvalue weighted by Crippen LogP contribution is -2.10. The molecule has 2 heterocycles. The Morgan fingerprint density at radius 2 is 2.14 bits per heavy atom. The lowest BCUT2D eigenvalue weighted by atomic mass is 10.4.